The smallest absolute Gasteiger partial charge is 0.317 e. The van der Waals surface area contributed by atoms with Gasteiger partial charge >= 0.3 is 5.97 Å². The molecule has 2 heterocycles. The van der Waals surface area contributed by atoms with Gasteiger partial charge in [-0.15, -0.1) is 11.3 Å². The first-order valence-electron chi connectivity index (χ1n) is 5.88. The van der Waals surface area contributed by atoms with Gasteiger partial charge in [-0.2, -0.15) is 0 Å². The Morgan fingerprint density at radius 1 is 1.68 bits per heavy atom. The molecular weight excluding hydrogens is 290 g/mol. The highest BCUT2D eigenvalue weighted by Crippen LogP contribution is 2.22. The summed E-state index contributed by atoms with van der Waals surface area (Å²) in [5, 5.41) is 18.8. The predicted molar refractivity (Wildman–Crippen MR) is 72.5 cm³/mol. The molecule has 0 spiro atoms. The van der Waals surface area contributed by atoms with Gasteiger partial charge in [0, 0.05) is 36.8 Å². The minimum Gasteiger partial charge on any atom is -0.480 e. The number of aliphatic hydroxyl groups is 1. The van der Waals surface area contributed by atoms with E-state index in [2.05, 4.69) is 9.88 Å². The topological polar surface area (TPSA) is 76.9 Å². The lowest BCUT2D eigenvalue weighted by Crippen LogP contribution is -2.43. The fourth-order valence-corrected chi connectivity index (χ4v) is 3.34. The molecule has 1 aromatic heterocycles. The van der Waals surface area contributed by atoms with Gasteiger partial charge in [-0.25, -0.2) is 4.98 Å². The zero-order chi connectivity index (χ0) is 14.0. The molecule has 1 aliphatic heterocycles. The van der Waals surface area contributed by atoms with Gasteiger partial charge < -0.3 is 10.2 Å². The fourth-order valence-electron chi connectivity index (χ4n) is 2.32. The first-order valence-corrected chi connectivity index (χ1v) is 7.08. The van der Waals surface area contributed by atoms with Gasteiger partial charge in [0.05, 0.1) is 12.6 Å². The lowest BCUT2D eigenvalue weighted by molar-refractivity contribution is -0.138. The Hall–Kier alpha value is -0.730. The largest absolute Gasteiger partial charge is 0.480 e. The number of likely N-dealkylation sites (tertiary alicyclic amines) is 1. The number of carboxylic acid groups (broad SMARTS) is 1. The number of thiazole rings is 1. The maximum absolute atomic E-state index is 10.7. The van der Waals surface area contributed by atoms with Gasteiger partial charge in [0.25, 0.3) is 0 Å². The lowest BCUT2D eigenvalue weighted by atomic mass is 10.2. The average Bonchev–Trinajstić information content (AvgIpc) is 2.85. The van der Waals surface area contributed by atoms with Crippen molar-refractivity contribution >= 4 is 28.9 Å². The van der Waals surface area contributed by atoms with Gasteiger partial charge in [-0.05, 0) is 7.05 Å². The molecule has 1 saturated heterocycles. The fraction of sp³-hybridized carbons (Fsp3) is 0.636. The Morgan fingerprint density at radius 2 is 2.42 bits per heavy atom. The Kier molecular flexibility index (Phi) is 4.75. The lowest BCUT2D eigenvalue weighted by Gasteiger charge is -2.24. The Bertz CT molecular complexity index is 456. The standard InChI is InChI=1S/C11H16ClN3O3S/c1-14(6-10(17)18)8-4-15(5-9(8)16)3-7-2-13-11(12)19-7/h2,8-9,16H,3-6H2,1H3,(H,17,18)/t8-,9-/m1/s1. The molecule has 8 heteroatoms. The number of rotatable bonds is 5. The van der Waals surface area contributed by atoms with E-state index in [0.717, 1.165) is 4.88 Å². The summed E-state index contributed by atoms with van der Waals surface area (Å²) in [6, 6.07) is -0.153. The molecule has 2 rings (SSSR count). The number of aromatic nitrogens is 1. The number of carboxylic acids is 1. The van der Waals surface area contributed by atoms with Crippen LogP contribution in [0.5, 0.6) is 0 Å². The van der Waals surface area contributed by atoms with Crippen molar-refractivity contribution in [2.75, 3.05) is 26.7 Å². The van der Waals surface area contributed by atoms with Crippen molar-refractivity contribution in [2.45, 2.75) is 18.7 Å². The summed E-state index contributed by atoms with van der Waals surface area (Å²) >= 11 is 7.20. The van der Waals surface area contributed by atoms with E-state index < -0.39 is 12.1 Å². The first kappa shape index (κ1) is 14.7. The number of hydrogen-bond donors (Lipinski definition) is 2. The molecule has 0 aromatic carbocycles. The van der Waals surface area contributed by atoms with E-state index in [4.69, 9.17) is 16.7 Å². The second-order valence-corrected chi connectivity index (χ2v) is 6.41. The van der Waals surface area contributed by atoms with E-state index in [1.165, 1.54) is 11.3 Å². The van der Waals surface area contributed by atoms with E-state index in [9.17, 15) is 9.90 Å². The highest BCUT2D eigenvalue weighted by atomic mass is 35.5. The molecule has 0 aliphatic carbocycles. The molecular formula is C11H16ClN3O3S. The zero-order valence-corrected chi connectivity index (χ0v) is 12.1. The number of aliphatic carboxylic acids is 1. The van der Waals surface area contributed by atoms with Crippen LogP contribution in [0.1, 0.15) is 4.88 Å². The molecule has 0 bridgehead atoms. The van der Waals surface area contributed by atoms with Crippen molar-refractivity contribution in [3.63, 3.8) is 0 Å². The average molecular weight is 306 g/mol. The number of nitrogens with zero attached hydrogens (tertiary/aromatic N) is 3. The normalized spacial score (nSPS) is 24.2. The van der Waals surface area contributed by atoms with Crippen LogP contribution in [0.2, 0.25) is 4.47 Å². The SMILES string of the molecule is CN(CC(=O)O)[C@@H]1CN(Cc2cnc(Cl)s2)C[C@H]1O. The number of β-amino-alcohol motifs (C(OH)–C–C–N with tert-alkyl or cyclic N) is 1. The van der Waals surface area contributed by atoms with Crippen molar-refractivity contribution in [1.29, 1.82) is 0 Å². The summed E-state index contributed by atoms with van der Waals surface area (Å²) in [5.41, 5.74) is 0. The molecule has 19 heavy (non-hydrogen) atoms. The third-order valence-electron chi connectivity index (χ3n) is 3.19. The van der Waals surface area contributed by atoms with Gasteiger partial charge in [-0.1, -0.05) is 11.6 Å². The van der Waals surface area contributed by atoms with Crippen LogP contribution in [-0.2, 0) is 11.3 Å². The van der Waals surface area contributed by atoms with Crippen LogP contribution in [0.3, 0.4) is 0 Å². The van der Waals surface area contributed by atoms with Crippen molar-refractivity contribution in [3.8, 4) is 0 Å². The van der Waals surface area contributed by atoms with Gasteiger partial charge in [-0.3, -0.25) is 14.6 Å². The van der Waals surface area contributed by atoms with E-state index in [-0.39, 0.29) is 12.6 Å². The van der Waals surface area contributed by atoms with E-state index in [1.54, 1.807) is 18.1 Å². The number of carbonyl (C=O) groups is 1. The van der Waals surface area contributed by atoms with Crippen molar-refractivity contribution in [2.24, 2.45) is 0 Å². The highest BCUT2D eigenvalue weighted by Gasteiger charge is 2.34. The Balaban J connectivity index is 1.91. The molecule has 2 atom stereocenters. The summed E-state index contributed by atoms with van der Waals surface area (Å²) in [7, 11) is 1.72. The molecule has 106 valence electrons. The van der Waals surface area contributed by atoms with Crippen molar-refractivity contribution in [3.05, 3.63) is 15.5 Å². The number of hydrogen-bond acceptors (Lipinski definition) is 6. The summed E-state index contributed by atoms with van der Waals surface area (Å²) in [6.45, 7) is 1.78. The van der Waals surface area contributed by atoms with Crippen LogP contribution in [0.15, 0.2) is 6.20 Å². The van der Waals surface area contributed by atoms with E-state index in [0.29, 0.717) is 24.1 Å². The minimum atomic E-state index is -0.887. The zero-order valence-electron chi connectivity index (χ0n) is 10.5. The highest BCUT2D eigenvalue weighted by molar-refractivity contribution is 7.15. The van der Waals surface area contributed by atoms with Crippen molar-refractivity contribution in [1.82, 2.24) is 14.8 Å². The van der Waals surface area contributed by atoms with Gasteiger partial charge in [0.1, 0.15) is 0 Å². The molecule has 0 amide bonds. The Morgan fingerprint density at radius 3 is 3.00 bits per heavy atom. The predicted octanol–water partition coefficient (Wildman–Crippen LogP) is 0.358. The van der Waals surface area contributed by atoms with Crippen LogP contribution in [0.4, 0.5) is 0 Å². The van der Waals surface area contributed by atoms with Crippen LogP contribution in [0, 0.1) is 0 Å². The maximum atomic E-state index is 10.7. The van der Waals surface area contributed by atoms with Crippen molar-refractivity contribution < 1.29 is 15.0 Å². The third-order valence-corrected chi connectivity index (χ3v) is 4.29. The second-order valence-electron chi connectivity index (χ2n) is 4.72. The minimum absolute atomic E-state index is 0.0675. The number of halogens is 1. The quantitative estimate of drug-likeness (QED) is 0.818. The molecule has 0 unspecified atom stereocenters. The molecule has 2 N–H and O–H groups in total. The third kappa shape index (κ3) is 3.87. The molecule has 1 fully saturated rings. The molecule has 1 aliphatic rings. The number of likely N-dealkylation sites (N-methyl/N-ethyl adjacent to an activating group) is 1. The first-order chi connectivity index (χ1) is 8.95. The Labute approximate surface area is 120 Å². The summed E-state index contributed by atoms with van der Waals surface area (Å²) < 4.78 is 0.509. The van der Waals surface area contributed by atoms with Gasteiger partial charge in [0.15, 0.2) is 4.47 Å². The van der Waals surface area contributed by atoms with E-state index >= 15 is 0 Å². The summed E-state index contributed by atoms with van der Waals surface area (Å²) in [6.07, 6.45) is 1.20. The molecule has 6 nitrogen and oxygen atoms in total. The number of aliphatic hydroxyl groups excluding tert-OH is 1. The monoisotopic (exact) mass is 305 g/mol. The van der Waals surface area contributed by atoms with Crippen LogP contribution >= 0.6 is 22.9 Å². The second kappa shape index (κ2) is 6.15. The van der Waals surface area contributed by atoms with Gasteiger partial charge in [0.2, 0.25) is 0 Å². The summed E-state index contributed by atoms with van der Waals surface area (Å²) in [4.78, 5) is 19.5. The van der Waals surface area contributed by atoms with E-state index in [1.807, 2.05) is 0 Å². The maximum Gasteiger partial charge on any atom is 0.317 e. The van der Waals surface area contributed by atoms with Crippen LogP contribution < -0.4 is 0 Å². The molecule has 0 saturated carbocycles. The molecule has 1 aromatic rings. The van der Waals surface area contributed by atoms with Crippen LogP contribution in [-0.4, -0.2) is 69.8 Å². The summed E-state index contributed by atoms with van der Waals surface area (Å²) in [5.74, 6) is -0.887. The molecule has 0 radical (unpaired) electrons. The van der Waals surface area contributed by atoms with Crippen LogP contribution in [0.25, 0.3) is 0 Å².